The Kier molecular flexibility index (Phi) is 5.62. The standard InChI is InChI=1S/C16H23N3O/c1-3-7-17-12-15-6-4-5-14(2)16(15)20-11-10-19-9-8-18-13-19/h4-6,8-9,13,17H,3,7,10-12H2,1-2H3. The van der Waals surface area contributed by atoms with Crippen molar-refractivity contribution in [1.29, 1.82) is 0 Å². The molecule has 0 aliphatic carbocycles. The van der Waals surface area contributed by atoms with Gasteiger partial charge in [-0.3, -0.25) is 0 Å². The summed E-state index contributed by atoms with van der Waals surface area (Å²) in [5.41, 5.74) is 2.41. The Morgan fingerprint density at radius 1 is 1.35 bits per heavy atom. The predicted molar refractivity (Wildman–Crippen MR) is 80.9 cm³/mol. The van der Waals surface area contributed by atoms with Crippen LogP contribution in [0.15, 0.2) is 36.9 Å². The van der Waals surface area contributed by atoms with Crippen LogP contribution >= 0.6 is 0 Å². The average Bonchev–Trinajstić information content (AvgIpc) is 2.95. The molecule has 0 fully saturated rings. The highest BCUT2D eigenvalue weighted by Gasteiger charge is 2.06. The summed E-state index contributed by atoms with van der Waals surface area (Å²) < 4.78 is 8.00. The SMILES string of the molecule is CCCNCc1cccc(C)c1OCCn1ccnc1. The Balaban J connectivity index is 1.94. The summed E-state index contributed by atoms with van der Waals surface area (Å²) in [5, 5.41) is 3.43. The maximum absolute atomic E-state index is 5.98. The summed E-state index contributed by atoms with van der Waals surface area (Å²) in [6, 6.07) is 6.30. The van der Waals surface area contributed by atoms with Crippen molar-refractivity contribution in [2.45, 2.75) is 33.4 Å². The zero-order valence-corrected chi connectivity index (χ0v) is 12.3. The summed E-state index contributed by atoms with van der Waals surface area (Å²) in [7, 11) is 0. The maximum Gasteiger partial charge on any atom is 0.126 e. The van der Waals surface area contributed by atoms with Crippen LogP contribution in [0.2, 0.25) is 0 Å². The third kappa shape index (κ3) is 4.10. The van der Waals surface area contributed by atoms with E-state index >= 15 is 0 Å². The van der Waals surface area contributed by atoms with Crippen molar-refractivity contribution in [2.24, 2.45) is 0 Å². The molecule has 1 N–H and O–H groups in total. The zero-order valence-electron chi connectivity index (χ0n) is 12.3. The number of para-hydroxylation sites is 1. The van der Waals surface area contributed by atoms with Gasteiger partial charge < -0.3 is 14.6 Å². The van der Waals surface area contributed by atoms with Gasteiger partial charge >= 0.3 is 0 Å². The van der Waals surface area contributed by atoms with Crippen LogP contribution in [-0.4, -0.2) is 22.7 Å². The third-order valence-electron chi connectivity index (χ3n) is 3.19. The fourth-order valence-corrected chi connectivity index (χ4v) is 2.13. The number of imidazole rings is 1. The summed E-state index contributed by atoms with van der Waals surface area (Å²) in [6.45, 7) is 7.62. The van der Waals surface area contributed by atoms with Gasteiger partial charge in [-0.15, -0.1) is 0 Å². The van der Waals surface area contributed by atoms with E-state index in [-0.39, 0.29) is 0 Å². The van der Waals surface area contributed by atoms with E-state index in [2.05, 4.69) is 42.3 Å². The molecule has 0 amide bonds. The van der Waals surface area contributed by atoms with Gasteiger partial charge in [0.1, 0.15) is 12.4 Å². The lowest BCUT2D eigenvalue weighted by molar-refractivity contribution is 0.293. The minimum atomic E-state index is 0.655. The Morgan fingerprint density at radius 2 is 2.25 bits per heavy atom. The van der Waals surface area contributed by atoms with Gasteiger partial charge in [0, 0.05) is 24.5 Å². The van der Waals surface area contributed by atoms with E-state index in [9.17, 15) is 0 Å². The van der Waals surface area contributed by atoms with E-state index in [0.717, 1.165) is 31.8 Å². The molecule has 108 valence electrons. The Morgan fingerprint density at radius 3 is 3.00 bits per heavy atom. The van der Waals surface area contributed by atoms with Crippen LogP contribution in [0.25, 0.3) is 0 Å². The molecule has 0 spiro atoms. The summed E-state index contributed by atoms with van der Waals surface area (Å²) >= 11 is 0. The molecule has 0 bridgehead atoms. The first kappa shape index (κ1) is 14.6. The number of aryl methyl sites for hydroxylation is 1. The van der Waals surface area contributed by atoms with Crippen LogP contribution in [0.3, 0.4) is 0 Å². The lowest BCUT2D eigenvalue weighted by Crippen LogP contribution is -2.16. The van der Waals surface area contributed by atoms with Gasteiger partial charge in [-0.1, -0.05) is 25.1 Å². The molecule has 2 aromatic rings. The first-order chi connectivity index (χ1) is 9.81. The Hall–Kier alpha value is -1.81. The number of hydrogen-bond acceptors (Lipinski definition) is 3. The quantitative estimate of drug-likeness (QED) is 0.752. The normalized spacial score (nSPS) is 10.7. The molecule has 0 saturated heterocycles. The number of benzene rings is 1. The van der Waals surface area contributed by atoms with Crippen molar-refractivity contribution < 1.29 is 4.74 Å². The molecule has 4 heteroatoms. The monoisotopic (exact) mass is 273 g/mol. The van der Waals surface area contributed by atoms with E-state index in [1.807, 2.05) is 17.1 Å². The fourth-order valence-electron chi connectivity index (χ4n) is 2.13. The zero-order chi connectivity index (χ0) is 14.2. The lowest BCUT2D eigenvalue weighted by Gasteiger charge is -2.15. The largest absolute Gasteiger partial charge is 0.491 e. The van der Waals surface area contributed by atoms with Crippen molar-refractivity contribution in [3.05, 3.63) is 48.0 Å². The molecular formula is C16H23N3O. The molecule has 0 radical (unpaired) electrons. The highest BCUT2D eigenvalue weighted by atomic mass is 16.5. The van der Waals surface area contributed by atoms with Crippen molar-refractivity contribution in [1.82, 2.24) is 14.9 Å². The van der Waals surface area contributed by atoms with E-state index in [4.69, 9.17) is 4.74 Å². The first-order valence-electron chi connectivity index (χ1n) is 7.19. The van der Waals surface area contributed by atoms with Crippen molar-refractivity contribution in [2.75, 3.05) is 13.2 Å². The molecule has 4 nitrogen and oxygen atoms in total. The molecule has 1 heterocycles. The minimum Gasteiger partial charge on any atom is -0.491 e. The van der Waals surface area contributed by atoms with Gasteiger partial charge in [0.15, 0.2) is 0 Å². The van der Waals surface area contributed by atoms with Crippen LogP contribution in [0.4, 0.5) is 0 Å². The second-order valence-corrected chi connectivity index (χ2v) is 4.89. The summed E-state index contributed by atoms with van der Waals surface area (Å²) in [5.74, 6) is 1.01. The number of aromatic nitrogens is 2. The molecule has 0 aliphatic heterocycles. The van der Waals surface area contributed by atoms with Gasteiger partial charge in [-0.05, 0) is 25.5 Å². The topological polar surface area (TPSA) is 39.1 Å². The summed E-state index contributed by atoms with van der Waals surface area (Å²) in [6.07, 6.45) is 6.69. The number of nitrogens with zero attached hydrogens (tertiary/aromatic N) is 2. The molecule has 0 atom stereocenters. The van der Waals surface area contributed by atoms with Crippen LogP contribution in [-0.2, 0) is 13.1 Å². The van der Waals surface area contributed by atoms with E-state index in [0.29, 0.717) is 6.61 Å². The number of ether oxygens (including phenoxy) is 1. The third-order valence-corrected chi connectivity index (χ3v) is 3.19. The molecular weight excluding hydrogens is 250 g/mol. The average molecular weight is 273 g/mol. The van der Waals surface area contributed by atoms with Gasteiger partial charge in [-0.25, -0.2) is 4.98 Å². The lowest BCUT2D eigenvalue weighted by atomic mass is 10.1. The maximum atomic E-state index is 5.98. The minimum absolute atomic E-state index is 0.655. The molecule has 0 aliphatic rings. The van der Waals surface area contributed by atoms with Crippen molar-refractivity contribution >= 4 is 0 Å². The second-order valence-electron chi connectivity index (χ2n) is 4.89. The molecule has 2 rings (SSSR count). The van der Waals surface area contributed by atoms with Crippen molar-refractivity contribution in [3.63, 3.8) is 0 Å². The van der Waals surface area contributed by atoms with E-state index < -0.39 is 0 Å². The Bertz CT molecular complexity index is 508. The van der Waals surface area contributed by atoms with Crippen LogP contribution in [0.5, 0.6) is 5.75 Å². The van der Waals surface area contributed by atoms with Crippen molar-refractivity contribution in [3.8, 4) is 5.75 Å². The highest BCUT2D eigenvalue weighted by molar-refractivity contribution is 5.40. The van der Waals surface area contributed by atoms with E-state index in [1.54, 1.807) is 6.20 Å². The molecule has 1 aromatic heterocycles. The number of hydrogen-bond donors (Lipinski definition) is 1. The van der Waals surface area contributed by atoms with Gasteiger partial charge in [0.05, 0.1) is 12.9 Å². The van der Waals surface area contributed by atoms with Gasteiger partial charge in [-0.2, -0.15) is 0 Å². The second kappa shape index (κ2) is 7.70. The van der Waals surface area contributed by atoms with Crippen LogP contribution in [0.1, 0.15) is 24.5 Å². The predicted octanol–water partition coefficient (Wildman–Crippen LogP) is 2.77. The first-order valence-corrected chi connectivity index (χ1v) is 7.19. The number of rotatable bonds is 8. The summed E-state index contributed by atoms with van der Waals surface area (Å²) in [4.78, 5) is 4.03. The molecule has 20 heavy (non-hydrogen) atoms. The van der Waals surface area contributed by atoms with Crippen LogP contribution in [0, 0.1) is 6.92 Å². The smallest absolute Gasteiger partial charge is 0.126 e. The number of nitrogens with one attached hydrogen (secondary N) is 1. The Labute approximate surface area is 120 Å². The van der Waals surface area contributed by atoms with Gasteiger partial charge in [0.2, 0.25) is 0 Å². The highest BCUT2D eigenvalue weighted by Crippen LogP contribution is 2.23. The van der Waals surface area contributed by atoms with Crippen LogP contribution < -0.4 is 10.1 Å². The van der Waals surface area contributed by atoms with Gasteiger partial charge in [0.25, 0.3) is 0 Å². The molecule has 0 unspecified atom stereocenters. The molecule has 0 saturated carbocycles. The molecule has 1 aromatic carbocycles. The van der Waals surface area contributed by atoms with E-state index in [1.165, 1.54) is 11.1 Å². The fraction of sp³-hybridized carbons (Fsp3) is 0.438.